The molecule has 0 aromatic heterocycles. The highest BCUT2D eigenvalue weighted by Crippen LogP contribution is 2.05. The first-order valence-electron chi connectivity index (χ1n) is 4.72. The minimum Gasteiger partial charge on any atom is -0.375 e. The fraction of sp³-hybridized carbons (Fsp3) is 0.600. The third-order valence-electron chi connectivity index (χ3n) is 2.38. The van der Waals surface area contributed by atoms with Crippen molar-refractivity contribution in [3.63, 3.8) is 0 Å². The summed E-state index contributed by atoms with van der Waals surface area (Å²) in [5.41, 5.74) is 0. The van der Waals surface area contributed by atoms with Crippen molar-refractivity contribution in [1.29, 1.82) is 0 Å². The molecule has 3 nitrogen and oxygen atoms in total. The van der Waals surface area contributed by atoms with Crippen molar-refractivity contribution in [2.45, 2.75) is 0 Å². The molecule has 0 saturated carbocycles. The molecule has 0 atom stereocenters. The van der Waals surface area contributed by atoms with Gasteiger partial charge in [0, 0.05) is 33.2 Å². The molecule has 1 saturated heterocycles. The summed E-state index contributed by atoms with van der Waals surface area (Å²) in [6.07, 6.45) is 3.84. The molecule has 1 N–H and O–H groups in total. The maximum absolute atomic E-state index is 3.70. The molecule has 0 aliphatic carbocycles. The lowest BCUT2D eigenvalue weighted by Gasteiger charge is -2.35. The van der Waals surface area contributed by atoms with Crippen LogP contribution >= 0.6 is 0 Å². The van der Waals surface area contributed by atoms with Crippen LogP contribution in [0, 0.1) is 0 Å². The zero-order chi connectivity index (χ0) is 9.68. The van der Waals surface area contributed by atoms with Crippen molar-refractivity contribution in [3.05, 3.63) is 24.6 Å². The van der Waals surface area contributed by atoms with Gasteiger partial charge in [0.15, 0.2) is 0 Å². The molecule has 1 fully saturated rings. The van der Waals surface area contributed by atoms with Gasteiger partial charge in [0.05, 0.1) is 0 Å². The van der Waals surface area contributed by atoms with Crippen LogP contribution < -0.4 is 5.32 Å². The predicted molar refractivity (Wildman–Crippen MR) is 56.4 cm³/mol. The first-order valence-corrected chi connectivity index (χ1v) is 4.72. The first kappa shape index (κ1) is 10.1. The second kappa shape index (κ2) is 4.92. The summed E-state index contributed by atoms with van der Waals surface area (Å²) >= 11 is 0. The molecule has 3 heteroatoms. The summed E-state index contributed by atoms with van der Waals surface area (Å²) in [5.74, 6) is 1.17. The number of hydrogen-bond donors (Lipinski definition) is 1. The number of nitrogens with one attached hydrogen (secondary N) is 1. The lowest BCUT2D eigenvalue weighted by molar-refractivity contribution is 0.179. The van der Waals surface area contributed by atoms with E-state index in [1.165, 1.54) is 5.82 Å². The van der Waals surface area contributed by atoms with E-state index in [-0.39, 0.29) is 0 Å². The van der Waals surface area contributed by atoms with Crippen molar-refractivity contribution in [2.75, 3.05) is 40.3 Å². The zero-order valence-electron chi connectivity index (χ0n) is 8.58. The fourth-order valence-electron chi connectivity index (χ4n) is 1.51. The van der Waals surface area contributed by atoms with Gasteiger partial charge in [-0.15, -0.1) is 0 Å². The highest BCUT2D eigenvalue weighted by molar-refractivity contribution is 5.08. The van der Waals surface area contributed by atoms with Gasteiger partial charge < -0.3 is 15.1 Å². The number of nitrogens with zero attached hydrogens (tertiary/aromatic N) is 2. The highest BCUT2D eigenvalue weighted by Gasteiger charge is 2.14. The number of likely N-dealkylation sites (N-methyl/N-ethyl adjacent to an activating group) is 1. The normalized spacial score (nSPS) is 20.2. The molecule has 74 valence electrons. The lowest BCUT2D eigenvalue weighted by atomic mass is 10.3. The molecule has 1 heterocycles. The number of rotatable bonds is 3. The third-order valence-corrected chi connectivity index (χ3v) is 2.38. The lowest BCUT2D eigenvalue weighted by Crippen LogP contribution is -2.45. The summed E-state index contributed by atoms with van der Waals surface area (Å²) in [4.78, 5) is 4.69. The summed E-state index contributed by atoms with van der Waals surface area (Å²) in [6, 6.07) is 0. The molecule has 0 amide bonds. The summed E-state index contributed by atoms with van der Waals surface area (Å²) in [7, 11) is 4.11. The standard InChI is InChI=1S/C10H19N3/c1-4-5-10(11-2)13-8-6-12(3)7-9-13/h4-5,11H,1,6-9H2,2-3H3/b10-5+. The molecule has 0 aromatic carbocycles. The van der Waals surface area contributed by atoms with Gasteiger partial charge in [-0.3, -0.25) is 0 Å². The van der Waals surface area contributed by atoms with E-state index >= 15 is 0 Å². The largest absolute Gasteiger partial charge is 0.375 e. The molecule has 0 spiro atoms. The maximum Gasteiger partial charge on any atom is 0.101 e. The Hall–Kier alpha value is -0.960. The van der Waals surface area contributed by atoms with Crippen molar-refractivity contribution in [3.8, 4) is 0 Å². The van der Waals surface area contributed by atoms with Crippen LogP contribution in [0.5, 0.6) is 0 Å². The molecule has 1 aliphatic heterocycles. The first-order chi connectivity index (χ1) is 6.27. The second-order valence-electron chi connectivity index (χ2n) is 3.33. The van der Waals surface area contributed by atoms with Crippen LogP contribution in [-0.2, 0) is 0 Å². The maximum atomic E-state index is 3.70. The predicted octanol–water partition coefficient (Wildman–Crippen LogP) is 0.481. The quantitative estimate of drug-likeness (QED) is 0.639. The van der Waals surface area contributed by atoms with Crippen molar-refractivity contribution < 1.29 is 0 Å². The van der Waals surface area contributed by atoms with Gasteiger partial charge in [-0.1, -0.05) is 12.7 Å². The molecule has 1 rings (SSSR count). The SMILES string of the molecule is C=C/C=C(\NC)N1CCN(C)CC1. The molecule has 1 aliphatic rings. The van der Waals surface area contributed by atoms with Gasteiger partial charge in [0.2, 0.25) is 0 Å². The Morgan fingerprint density at radius 3 is 2.38 bits per heavy atom. The summed E-state index contributed by atoms with van der Waals surface area (Å²) < 4.78 is 0. The van der Waals surface area contributed by atoms with Gasteiger partial charge in [-0.2, -0.15) is 0 Å². The van der Waals surface area contributed by atoms with Crippen LogP contribution in [-0.4, -0.2) is 50.1 Å². The van der Waals surface area contributed by atoms with Gasteiger partial charge in [0.1, 0.15) is 5.82 Å². The summed E-state index contributed by atoms with van der Waals surface area (Å²) in [5, 5.41) is 3.18. The average Bonchev–Trinajstić information content (AvgIpc) is 2.16. The summed E-state index contributed by atoms with van der Waals surface area (Å²) in [6.45, 7) is 8.16. The second-order valence-corrected chi connectivity index (χ2v) is 3.33. The van der Waals surface area contributed by atoms with E-state index in [1.54, 1.807) is 0 Å². The minimum atomic E-state index is 1.09. The van der Waals surface area contributed by atoms with E-state index in [1.807, 2.05) is 19.2 Å². The van der Waals surface area contributed by atoms with Crippen LogP contribution in [0.1, 0.15) is 0 Å². The van der Waals surface area contributed by atoms with Crippen LogP contribution in [0.4, 0.5) is 0 Å². The molecular weight excluding hydrogens is 162 g/mol. The van der Waals surface area contributed by atoms with Crippen LogP contribution in [0.25, 0.3) is 0 Å². The molecule has 0 radical (unpaired) electrons. The Labute approximate surface area is 80.7 Å². The Balaban J connectivity index is 2.51. The average molecular weight is 181 g/mol. The Bertz CT molecular complexity index is 190. The Morgan fingerprint density at radius 1 is 1.31 bits per heavy atom. The van der Waals surface area contributed by atoms with E-state index in [0.717, 1.165) is 26.2 Å². The molecule has 0 bridgehead atoms. The Kier molecular flexibility index (Phi) is 3.83. The highest BCUT2D eigenvalue weighted by atomic mass is 15.3. The van der Waals surface area contributed by atoms with Crippen LogP contribution in [0.15, 0.2) is 24.6 Å². The van der Waals surface area contributed by atoms with Crippen LogP contribution in [0.2, 0.25) is 0 Å². The fourth-order valence-corrected chi connectivity index (χ4v) is 1.51. The molecular formula is C10H19N3. The molecule has 0 aromatic rings. The van der Waals surface area contributed by atoms with Crippen molar-refractivity contribution in [2.24, 2.45) is 0 Å². The smallest absolute Gasteiger partial charge is 0.101 e. The Morgan fingerprint density at radius 2 is 1.92 bits per heavy atom. The number of allylic oxidation sites excluding steroid dienone is 2. The molecule has 13 heavy (non-hydrogen) atoms. The molecule has 0 unspecified atom stereocenters. The van der Waals surface area contributed by atoms with E-state index in [2.05, 4.69) is 28.7 Å². The van der Waals surface area contributed by atoms with E-state index in [9.17, 15) is 0 Å². The van der Waals surface area contributed by atoms with Gasteiger partial charge in [-0.25, -0.2) is 0 Å². The van der Waals surface area contributed by atoms with E-state index < -0.39 is 0 Å². The number of piperazine rings is 1. The third kappa shape index (κ3) is 2.77. The van der Waals surface area contributed by atoms with E-state index in [0.29, 0.717) is 0 Å². The number of hydrogen-bond acceptors (Lipinski definition) is 3. The van der Waals surface area contributed by atoms with Crippen molar-refractivity contribution in [1.82, 2.24) is 15.1 Å². The van der Waals surface area contributed by atoms with E-state index in [4.69, 9.17) is 0 Å². The van der Waals surface area contributed by atoms with Gasteiger partial charge in [0.25, 0.3) is 0 Å². The monoisotopic (exact) mass is 181 g/mol. The van der Waals surface area contributed by atoms with Gasteiger partial charge >= 0.3 is 0 Å². The zero-order valence-corrected chi connectivity index (χ0v) is 8.58. The van der Waals surface area contributed by atoms with Gasteiger partial charge in [-0.05, 0) is 13.1 Å². The minimum absolute atomic E-state index is 1.09. The van der Waals surface area contributed by atoms with Crippen LogP contribution in [0.3, 0.4) is 0 Å². The topological polar surface area (TPSA) is 18.5 Å². The van der Waals surface area contributed by atoms with Crippen molar-refractivity contribution >= 4 is 0 Å².